The first-order valence-electron chi connectivity index (χ1n) is 8.30. The van der Waals surface area contributed by atoms with Crippen LogP contribution in [0.2, 0.25) is 0 Å². The number of hydrogen-bond donors (Lipinski definition) is 2. The summed E-state index contributed by atoms with van der Waals surface area (Å²) in [6, 6.07) is 7.77. The maximum atomic E-state index is 9.22. The third-order valence-corrected chi connectivity index (χ3v) is 4.58. The number of nitrogens with zero attached hydrogens (tertiary/aromatic N) is 3. The van der Waals surface area contributed by atoms with E-state index in [1.165, 1.54) is 5.01 Å². The average molecular weight is 329 g/mol. The first-order chi connectivity index (χ1) is 11.7. The fourth-order valence-electron chi connectivity index (χ4n) is 3.27. The molecule has 7 heteroatoms. The molecule has 128 valence electrons. The zero-order valence-corrected chi connectivity index (χ0v) is 13.9. The van der Waals surface area contributed by atoms with Crippen LogP contribution in [0.3, 0.4) is 0 Å². The largest absolute Gasteiger partial charge is 0.486 e. The fraction of sp³-hybridized carbons (Fsp3) is 0.529. The second-order valence-corrected chi connectivity index (χ2v) is 6.14. The van der Waals surface area contributed by atoms with Crippen LogP contribution in [0.1, 0.15) is 19.3 Å². The molecule has 2 heterocycles. The quantitative estimate of drug-likeness (QED) is 0.381. The number of nitriles is 1. The van der Waals surface area contributed by atoms with Crippen molar-refractivity contribution in [2.75, 3.05) is 26.7 Å². The summed E-state index contributed by atoms with van der Waals surface area (Å²) in [5.74, 6) is 2.30. The number of piperidine rings is 1. The molecule has 0 aliphatic carbocycles. The van der Waals surface area contributed by atoms with E-state index < -0.39 is 0 Å². The van der Waals surface area contributed by atoms with Gasteiger partial charge in [-0.25, -0.2) is 5.01 Å². The zero-order chi connectivity index (χ0) is 16.9. The predicted octanol–water partition coefficient (Wildman–Crippen LogP) is 1.78. The predicted molar refractivity (Wildman–Crippen MR) is 89.5 cm³/mol. The minimum absolute atomic E-state index is 0.0825. The Morgan fingerprint density at radius 2 is 2.08 bits per heavy atom. The van der Waals surface area contributed by atoms with Crippen LogP contribution in [0.5, 0.6) is 11.5 Å². The number of hydrazine groups is 1. The van der Waals surface area contributed by atoms with Crippen molar-refractivity contribution < 1.29 is 9.47 Å². The highest BCUT2D eigenvalue weighted by molar-refractivity contribution is 5.77. The van der Waals surface area contributed by atoms with E-state index in [-0.39, 0.29) is 12.1 Å². The molecular weight excluding hydrogens is 306 g/mol. The van der Waals surface area contributed by atoms with Gasteiger partial charge in [0.15, 0.2) is 11.5 Å². The molecule has 2 aliphatic rings. The lowest BCUT2D eigenvalue weighted by atomic mass is 9.91. The van der Waals surface area contributed by atoms with Crippen molar-refractivity contribution in [3.05, 3.63) is 24.3 Å². The molecule has 0 saturated carbocycles. The number of nitrogens with one attached hydrogen (secondary N) is 2. The van der Waals surface area contributed by atoms with Crippen molar-refractivity contribution in [2.45, 2.75) is 25.4 Å². The molecule has 0 aromatic heterocycles. The summed E-state index contributed by atoms with van der Waals surface area (Å²) in [6.45, 7) is 2.13. The van der Waals surface area contributed by atoms with Crippen LogP contribution in [-0.2, 0) is 0 Å². The van der Waals surface area contributed by atoms with Crippen LogP contribution in [0.4, 0.5) is 0 Å². The van der Waals surface area contributed by atoms with Crippen molar-refractivity contribution in [1.82, 2.24) is 15.3 Å². The molecule has 1 fully saturated rings. The molecule has 0 radical (unpaired) electrons. The molecule has 24 heavy (non-hydrogen) atoms. The van der Waals surface area contributed by atoms with Crippen molar-refractivity contribution in [2.24, 2.45) is 5.92 Å². The molecule has 0 spiro atoms. The highest BCUT2D eigenvalue weighted by atomic mass is 16.6. The number of guanidine groups is 1. The Labute approximate surface area is 142 Å². The van der Waals surface area contributed by atoms with Crippen molar-refractivity contribution in [3.63, 3.8) is 0 Å². The van der Waals surface area contributed by atoms with Gasteiger partial charge < -0.3 is 14.8 Å². The molecule has 1 atom stereocenters. The van der Waals surface area contributed by atoms with Crippen LogP contribution in [0.15, 0.2) is 24.3 Å². The molecule has 1 aromatic carbocycles. The summed E-state index contributed by atoms with van der Waals surface area (Å²) in [6.07, 6.45) is 5.06. The van der Waals surface area contributed by atoms with Gasteiger partial charge in [-0.3, -0.25) is 5.41 Å². The van der Waals surface area contributed by atoms with Gasteiger partial charge in [0, 0.05) is 20.1 Å². The smallest absolute Gasteiger partial charge is 0.219 e. The number of fused-ring (bicyclic) bond motifs is 1. The lowest BCUT2D eigenvalue weighted by Gasteiger charge is -2.37. The summed E-state index contributed by atoms with van der Waals surface area (Å²) in [5.41, 5.74) is 0. The number of hydrogen-bond acceptors (Lipinski definition) is 5. The van der Waals surface area contributed by atoms with Gasteiger partial charge in [-0.2, -0.15) is 10.3 Å². The third-order valence-electron chi connectivity index (χ3n) is 4.58. The normalized spacial score (nSPS) is 20.9. The highest BCUT2D eigenvalue weighted by Gasteiger charge is 2.29. The molecule has 1 aromatic rings. The Morgan fingerprint density at radius 1 is 1.38 bits per heavy atom. The van der Waals surface area contributed by atoms with Gasteiger partial charge in [0.05, 0.1) is 0 Å². The van der Waals surface area contributed by atoms with Crippen LogP contribution >= 0.6 is 0 Å². The van der Waals surface area contributed by atoms with Crippen molar-refractivity contribution in [1.29, 1.82) is 10.7 Å². The molecule has 1 saturated heterocycles. The van der Waals surface area contributed by atoms with Crippen molar-refractivity contribution in [3.8, 4) is 17.7 Å². The van der Waals surface area contributed by atoms with Gasteiger partial charge in [-0.05, 0) is 37.3 Å². The van der Waals surface area contributed by atoms with Crippen LogP contribution in [0.25, 0.3) is 0 Å². The fourth-order valence-corrected chi connectivity index (χ4v) is 3.27. The molecule has 2 aliphatic heterocycles. The van der Waals surface area contributed by atoms with E-state index in [1.807, 2.05) is 29.3 Å². The maximum Gasteiger partial charge on any atom is 0.219 e. The van der Waals surface area contributed by atoms with E-state index in [0.717, 1.165) is 43.9 Å². The summed E-state index contributed by atoms with van der Waals surface area (Å²) in [7, 11) is 1.65. The second-order valence-electron chi connectivity index (χ2n) is 6.14. The number of benzene rings is 1. The monoisotopic (exact) mass is 329 g/mol. The van der Waals surface area contributed by atoms with E-state index >= 15 is 0 Å². The number of para-hydroxylation sites is 2. The molecular formula is C17H23N5O2. The highest BCUT2D eigenvalue weighted by Crippen LogP contribution is 2.33. The van der Waals surface area contributed by atoms with Crippen LogP contribution in [-0.4, -0.2) is 48.8 Å². The number of rotatable bonds is 3. The van der Waals surface area contributed by atoms with Gasteiger partial charge in [0.1, 0.15) is 12.7 Å². The lowest BCUT2D eigenvalue weighted by Crippen LogP contribution is -2.51. The Bertz CT molecular complexity index is 622. The molecule has 0 amide bonds. The first kappa shape index (κ1) is 16.4. The minimum Gasteiger partial charge on any atom is -0.486 e. The van der Waals surface area contributed by atoms with Gasteiger partial charge in [-0.15, -0.1) is 0 Å². The molecule has 1 unspecified atom stereocenters. The first-order valence-corrected chi connectivity index (χ1v) is 8.30. The van der Waals surface area contributed by atoms with Crippen LogP contribution in [0, 0.1) is 22.8 Å². The van der Waals surface area contributed by atoms with Crippen molar-refractivity contribution >= 4 is 5.96 Å². The lowest BCUT2D eigenvalue weighted by molar-refractivity contribution is 0.0246. The number of ether oxygens (including phenoxy) is 2. The average Bonchev–Trinajstić information content (AvgIpc) is 2.63. The van der Waals surface area contributed by atoms with Gasteiger partial charge >= 0.3 is 0 Å². The summed E-state index contributed by atoms with van der Waals surface area (Å²) in [5, 5.41) is 22.9. The summed E-state index contributed by atoms with van der Waals surface area (Å²) >= 11 is 0. The zero-order valence-electron chi connectivity index (χ0n) is 13.9. The SMILES string of the molecule is CNC(=N)N(C#N)N1CCC(CC2COc3ccccc3O2)CC1. The van der Waals surface area contributed by atoms with Crippen LogP contribution < -0.4 is 14.8 Å². The van der Waals surface area contributed by atoms with Gasteiger partial charge in [0.25, 0.3) is 0 Å². The Kier molecular flexibility index (Phi) is 5.06. The molecule has 7 nitrogen and oxygen atoms in total. The molecule has 2 N–H and O–H groups in total. The van der Waals surface area contributed by atoms with E-state index in [0.29, 0.717) is 12.5 Å². The van der Waals surface area contributed by atoms with E-state index in [1.54, 1.807) is 7.05 Å². The van der Waals surface area contributed by atoms with Gasteiger partial charge in [0.2, 0.25) is 12.2 Å². The van der Waals surface area contributed by atoms with Gasteiger partial charge in [-0.1, -0.05) is 12.1 Å². The Hall–Kier alpha value is -2.46. The van der Waals surface area contributed by atoms with E-state index in [4.69, 9.17) is 14.9 Å². The Morgan fingerprint density at radius 3 is 2.75 bits per heavy atom. The van der Waals surface area contributed by atoms with E-state index in [9.17, 15) is 5.26 Å². The minimum atomic E-state index is 0.0825. The Balaban J connectivity index is 1.50. The molecule has 3 rings (SSSR count). The topological polar surface area (TPSA) is 84.6 Å². The molecule has 0 bridgehead atoms. The van der Waals surface area contributed by atoms with E-state index in [2.05, 4.69) is 11.5 Å². The second kappa shape index (κ2) is 7.41. The third kappa shape index (κ3) is 3.54. The summed E-state index contributed by atoms with van der Waals surface area (Å²) < 4.78 is 11.8. The standard InChI is InChI=1S/C17H23N5O2/c1-20-17(19)22(12-18)21-8-6-13(7-9-21)10-14-11-23-15-4-2-3-5-16(15)24-14/h2-5,13-14H,6-11H2,1H3,(H2,19,20). The summed E-state index contributed by atoms with van der Waals surface area (Å²) in [4.78, 5) is 0. The maximum absolute atomic E-state index is 9.22.